The fourth-order valence-corrected chi connectivity index (χ4v) is 1.50. The molecule has 0 aliphatic heterocycles. The summed E-state index contributed by atoms with van der Waals surface area (Å²) >= 11 is 0. The molecule has 0 spiro atoms. The third-order valence-electron chi connectivity index (χ3n) is 2.23. The van der Waals surface area contributed by atoms with Crippen LogP contribution >= 0.6 is 0 Å². The predicted molar refractivity (Wildman–Crippen MR) is 65.2 cm³/mol. The molecule has 16 heavy (non-hydrogen) atoms. The van der Waals surface area contributed by atoms with E-state index in [1.54, 1.807) is 0 Å². The third-order valence-corrected chi connectivity index (χ3v) is 2.23. The molecule has 92 valence electrons. The topological polar surface area (TPSA) is 53.1 Å². The van der Waals surface area contributed by atoms with Gasteiger partial charge in [-0.1, -0.05) is 13.8 Å². The van der Waals surface area contributed by atoms with Gasteiger partial charge in [-0.25, -0.2) is 4.98 Å². The molecule has 0 amide bonds. The molecule has 2 N–H and O–H groups in total. The summed E-state index contributed by atoms with van der Waals surface area (Å²) in [4.78, 5) is 4.30. The summed E-state index contributed by atoms with van der Waals surface area (Å²) in [5.41, 5.74) is 5.76. The third kappa shape index (κ3) is 4.77. The van der Waals surface area contributed by atoms with Crippen molar-refractivity contribution in [2.45, 2.75) is 39.8 Å². The molecule has 0 aliphatic rings. The molecule has 1 unspecified atom stereocenters. The van der Waals surface area contributed by atoms with Crippen molar-refractivity contribution < 1.29 is 4.74 Å². The number of nitrogens with two attached hydrogens (primary N) is 1. The molecule has 1 rings (SSSR count). The Balaban J connectivity index is 2.33. The first-order valence-corrected chi connectivity index (χ1v) is 5.93. The fraction of sp³-hybridized carbons (Fsp3) is 0.750. The zero-order valence-corrected chi connectivity index (χ0v) is 10.5. The van der Waals surface area contributed by atoms with Crippen molar-refractivity contribution in [2.24, 2.45) is 11.7 Å². The van der Waals surface area contributed by atoms with E-state index in [2.05, 4.69) is 23.4 Å². The Hall–Kier alpha value is -0.870. The van der Waals surface area contributed by atoms with Crippen molar-refractivity contribution in [3.63, 3.8) is 0 Å². The molecule has 0 saturated heterocycles. The van der Waals surface area contributed by atoms with Gasteiger partial charge in [-0.15, -0.1) is 0 Å². The van der Waals surface area contributed by atoms with Gasteiger partial charge in [-0.05, 0) is 12.8 Å². The minimum absolute atomic E-state index is 0.151. The highest BCUT2D eigenvalue weighted by atomic mass is 16.5. The molecule has 0 aromatic carbocycles. The maximum Gasteiger partial charge on any atom is 0.110 e. The normalized spacial score (nSPS) is 13.3. The van der Waals surface area contributed by atoms with Gasteiger partial charge in [0.15, 0.2) is 0 Å². The molecule has 4 nitrogen and oxygen atoms in total. The SMILES string of the molecule is CC(C)COCCn1ccnc1CC(C)N. The lowest BCUT2D eigenvalue weighted by Gasteiger charge is -2.11. The van der Waals surface area contributed by atoms with Gasteiger partial charge in [0.05, 0.1) is 6.61 Å². The largest absolute Gasteiger partial charge is 0.379 e. The lowest BCUT2D eigenvalue weighted by atomic mass is 10.2. The summed E-state index contributed by atoms with van der Waals surface area (Å²) in [5, 5.41) is 0. The molecule has 1 atom stereocenters. The van der Waals surface area contributed by atoms with Gasteiger partial charge in [0.2, 0.25) is 0 Å². The smallest absolute Gasteiger partial charge is 0.110 e. The van der Waals surface area contributed by atoms with E-state index in [0.29, 0.717) is 5.92 Å². The molecule has 0 radical (unpaired) electrons. The number of nitrogens with zero attached hydrogens (tertiary/aromatic N) is 2. The summed E-state index contributed by atoms with van der Waals surface area (Å²) in [6.07, 6.45) is 4.62. The number of rotatable bonds is 7. The van der Waals surface area contributed by atoms with Gasteiger partial charge >= 0.3 is 0 Å². The predicted octanol–water partition coefficient (Wildman–Crippen LogP) is 1.45. The van der Waals surface area contributed by atoms with Crippen LogP contribution in [0.5, 0.6) is 0 Å². The minimum Gasteiger partial charge on any atom is -0.379 e. The van der Waals surface area contributed by atoms with E-state index in [9.17, 15) is 0 Å². The maximum atomic E-state index is 5.76. The molecule has 1 heterocycles. The lowest BCUT2D eigenvalue weighted by molar-refractivity contribution is 0.102. The molecule has 0 saturated carbocycles. The second-order valence-corrected chi connectivity index (χ2v) is 4.69. The Labute approximate surface area is 97.8 Å². The average molecular weight is 225 g/mol. The van der Waals surface area contributed by atoms with Crippen molar-refractivity contribution >= 4 is 0 Å². The Morgan fingerprint density at radius 2 is 2.19 bits per heavy atom. The van der Waals surface area contributed by atoms with Crippen LogP contribution in [-0.4, -0.2) is 28.8 Å². The van der Waals surface area contributed by atoms with Crippen LogP contribution in [-0.2, 0) is 17.7 Å². The fourth-order valence-electron chi connectivity index (χ4n) is 1.50. The Morgan fingerprint density at radius 3 is 2.81 bits per heavy atom. The molecule has 4 heteroatoms. The van der Waals surface area contributed by atoms with Crippen LogP contribution in [0.2, 0.25) is 0 Å². The van der Waals surface area contributed by atoms with Gasteiger partial charge in [-0.3, -0.25) is 0 Å². The van der Waals surface area contributed by atoms with E-state index in [1.807, 2.05) is 19.3 Å². The van der Waals surface area contributed by atoms with Crippen LogP contribution in [0, 0.1) is 5.92 Å². The summed E-state index contributed by atoms with van der Waals surface area (Å²) in [6, 6.07) is 0.151. The van der Waals surface area contributed by atoms with E-state index in [1.165, 1.54) is 0 Å². The van der Waals surface area contributed by atoms with Crippen LogP contribution in [0.3, 0.4) is 0 Å². The summed E-state index contributed by atoms with van der Waals surface area (Å²) in [5.74, 6) is 1.63. The van der Waals surface area contributed by atoms with Crippen LogP contribution in [0.25, 0.3) is 0 Å². The van der Waals surface area contributed by atoms with Crippen molar-refractivity contribution in [1.29, 1.82) is 0 Å². The number of aromatic nitrogens is 2. The van der Waals surface area contributed by atoms with Gasteiger partial charge < -0.3 is 15.0 Å². The lowest BCUT2D eigenvalue weighted by Crippen LogP contribution is -2.21. The molecule has 0 bridgehead atoms. The minimum atomic E-state index is 0.151. The first-order valence-electron chi connectivity index (χ1n) is 5.93. The zero-order valence-electron chi connectivity index (χ0n) is 10.5. The first-order chi connectivity index (χ1) is 7.59. The monoisotopic (exact) mass is 225 g/mol. The quantitative estimate of drug-likeness (QED) is 0.714. The molecular weight excluding hydrogens is 202 g/mol. The number of imidazole rings is 1. The number of ether oxygens (including phenoxy) is 1. The van der Waals surface area contributed by atoms with Gasteiger partial charge in [0.25, 0.3) is 0 Å². The number of hydrogen-bond donors (Lipinski definition) is 1. The number of hydrogen-bond acceptors (Lipinski definition) is 3. The van der Waals surface area contributed by atoms with E-state index in [-0.39, 0.29) is 6.04 Å². The van der Waals surface area contributed by atoms with E-state index < -0.39 is 0 Å². The second kappa shape index (κ2) is 6.66. The van der Waals surface area contributed by atoms with Crippen LogP contribution in [0.15, 0.2) is 12.4 Å². The summed E-state index contributed by atoms with van der Waals surface area (Å²) < 4.78 is 7.66. The van der Waals surface area contributed by atoms with Gasteiger partial charge in [-0.2, -0.15) is 0 Å². The average Bonchev–Trinajstić information content (AvgIpc) is 2.59. The second-order valence-electron chi connectivity index (χ2n) is 4.69. The molecule has 0 aliphatic carbocycles. The Morgan fingerprint density at radius 1 is 1.44 bits per heavy atom. The standard InChI is InChI=1S/C12H23N3O/c1-10(2)9-16-7-6-15-5-4-14-12(15)8-11(3)13/h4-5,10-11H,6-9,13H2,1-3H3. The molecular formula is C12H23N3O. The van der Waals surface area contributed by atoms with E-state index in [0.717, 1.165) is 32.0 Å². The zero-order chi connectivity index (χ0) is 12.0. The molecule has 1 aromatic heterocycles. The Bertz CT molecular complexity index is 294. The van der Waals surface area contributed by atoms with Crippen molar-refractivity contribution in [3.05, 3.63) is 18.2 Å². The van der Waals surface area contributed by atoms with Crippen LogP contribution < -0.4 is 5.73 Å². The first kappa shape index (κ1) is 13.2. The molecule has 1 aromatic rings. The summed E-state index contributed by atoms with van der Waals surface area (Å²) in [7, 11) is 0. The van der Waals surface area contributed by atoms with Crippen molar-refractivity contribution in [2.75, 3.05) is 13.2 Å². The highest BCUT2D eigenvalue weighted by Gasteiger charge is 2.05. The van der Waals surface area contributed by atoms with Crippen LogP contribution in [0.1, 0.15) is 26.6 Å². The molecule has 0 fully saturated rings. The Kier molecular flexibility index (Phi) is 5.49. The van der Waals surface area contributed by atoms with E-state index in [4.69, 9.17) is 10.5 Å². The highest BCUT2D eigenvalue weighted by Crippen LogP contribution is 2.01. The summed E-state index contributed by atoms with van der Waals surface area (Å²) in [6.45, 7) is 8.71. The van der Waals surface area contributed by atoms with Gasteiger partial charge in [0.1, 0.15) is 5.82 Å². The highest BCUT2D eigenvalue weighted by molar-refractivity contribution is 4.94. The van der Waals surface area contributed by atoms with Gasteiger partial charge in [0, 0.05) is 38.0 Å². The maximum absolute atomic E-state index is 5.76. The van der Waals surface area contributed by atoms with Crippen LogP contribution in [0.4, 0.5) is 0 Å². The van der Waals surface area contributed by atoms with Crippen molar-refractivity contribution in [3.8, 4) is 0 Å². The van der Waals surface area contributed by atoms with E-state index >= 15 is 0 Å². The van der Waals surface area contributed by atoms with Crippen molar-refractivity contribution in [1.82, 2.24) is 9.55 Å².